The zero-order valence-electron chi connectivity index (χ0n) is 37.5. The maximum Gasteiger partial charge on any atom is 0.329 e. The van der Waals surface area contributed by atoms with Crippen molar-refractivity contribution < 1.29 is 53.6 Å². The van der Waals surface area contributed by atoms with Crippen LogP contribution in [0.5, 0.6) is 0 Å². The molecule has 3 aromatic rings. The fourth-order valence-electron chi connectivity index (χ4n) is 6.42. The fourth-order valence-corrected chi connectivity index (χ4v) is 8.79. The second kappa shape index (κ2) is 30.1. The average Bonchev–Trinajstić information content (AvgIpc) is 3.31. The molecule has 0 spiro atoms. The van der Waals surface area contributed by atoms with Crippen molar-refractivity contribution in [2.75, 3.05) is 87.1 Å². The summed E-state index contributed by atoms with van der Waals surface area (Å²) in [5.74, 6) is -0.671. The van der Waals surface area contributed by atoms with E-state index in [1.54, 1.807) is 30.6 Å². The molecule has 6 N–H and O–H groups in total. The van der Waals surface area contributed by atoms with Crippen molar-refractivity contribution in [3.63, 3.8) is 0 Å². The summed E-state index contributed by atoms with van der Waals surface area (Å²) in [6.45, 7) is 9.01. The highest BCUT2D eigenvalue weighted by Gasteiger charge is 2.36. The third-order valence-electron chi connectivity index (χ3n) is 9.82. The molecule has 2 unspecified atom stereocenters. The monoisotopic (exact) mass is 947 g/mol. The summed E-state index contributed by atoms with van der Waals surface area (Å²) in [5.41, 5.74) is 5.44. The number of hydrogen-bond acceptors (Lipinski definition) is 15. The molecule has 0 saturated carbocycles. The van der Waals surface area contributed by atoms with Crippen molar-refractivity contribution in [3.05, 3.63) is 120 Å². The first-order valence-electron chi connectivity index (χ1n) is 21.7. The molecule has 16 nitrogen and oxygen atoms in total. The maximum atomic E-state index is 13.2. The summed E-state index contributed by atoms with van der Waals surface area (Å²) >= 11 is 0. The molecule has 66 heavy (non-hydrogen) atoms. The van der Waals surface area contributed by atoms with Gasteiger partial charge in [0.15, 0.2) is 25.0 Å². The molecular weight excluding hydrogens is 885 g/mol. The van der Waals surface area contributed by atoms with Crippen LogP contribution in [0, 0.1) is 0 Å². The number of aliphatic hydroxyl groups is 4. The Labute approximate surface area is 395 Å². The molecule has 0 bridgehead atoms. The summed E-state index contributed by atoms with van der Waals surface area (Å²) in [5, 5.41) is 43.0. The molecule has 2 atom stereocenters. The predicted molar refractivity (Wildman–Crippen MR) is 263 cm³/mol. The largest absolute Gasteiger partial charge is 0.464 e. The van der Waals surface area contributed by atoms with Crippen LogP contribution in [0.25, 0.3) is 18.2 Å². The molecule has 0 aliphatic carbocycles. The average molecular weight is 948 g/mol. The first-order valence-corrected chi connectivity index (χ1v) is 24.2. The minimum absolute atomic E-state index is 0.000406. The van der Waals surface area contributed by atoms with E-state index in [4.69, 9.17) is 14.2 Å². The van der Waals surface area contributed by atoms with Crippen molar-refractivity contribution in [1.29, 1.82) is 0 Å². The number of amides is 2. The first kappa shape index (κ1) is 53.3. The van der Waals surface area contributed by atoms with Crippen molar-refractivity contribution >= 4 is 75.2 Å². The Morgan fingerprint density at radius 2 is 1.32 bits per heavy atom. The van der Waals surface area contributed by atoms with E-state index in [0.29, 0.717) is 31.9 Å². The lowest BCUT2D eigenvalue weighted by Gasteiger charge is -2.38. The number of esters is 1. The Morgan fingerprint density at radius 3 is 1.83 bits per heavy atom. The van der Waals surface area contributed by atoms with E-state index >= 15 is 0 Å². The fraction of sp³-hybridized carbons (Fsp3) is 0.396. The van der Waals surface area contributed by atoms with E-state index in [1.165, 1.54) is 27.8 Å². The van der Waals surface area contributed by atoms with Gasteiger partial charge in [-0.15, -0.1) is 0 Å². The maximum absolute atomic E-state index is 13.2. The van der Waals surface area contributed by atoms with Gasteiger partial charge in [0.05, 0.1) is 39.1 Å². The van der Waals surface area contributed by atoms with Gasteiger partial charge in [-0.2, -0.15) is 4.57 Å². The summed E-state index contributed by atoms with van der Waals surface area (Å²) in [6, 6.07) is 18.0. The zero-order valence-corrected chi connectivity index (χ0v) is 39.2. The van der Waals surface area contributed by atoms with Crippen LogP contribution in [-0.4, -0.2) is 146 Å². The summed E-state index contributed by atoms with van der Waals surface area (Å²) in [6.07, 6.45) is 15.2. The van der Waals surface area contributed by atoms with Crippen LogP contribution in [0.3, 0.4) is 0 Å². The smallest absolute Gasteiger partial charge is 0.329 e. The minimum atomic E-state index is -0.928. The summed E-state index contributed by atoms with van der Waals surface area (Å²) in [4.78, 5) is 46.9. The zero-order chi connectivity index (χ0) is 47.5. The van der Waals surface area contributed by atoms with Crippen molar-refractivity contribution in [1.82, 2.24) is 10.6 Å². The Balaban J connectivity index is 1.24. The quantitative estimate of drug-likeness (QED) is 0.0142. The van der Waals surface area contributed by atoms with Crippen molar-refractivity contribution in [2.24, 2.45) is 4.99 Å². The Bertz CT molecular complexity index is 2050. The van der Waals surface area contributed by atoms with Crippen LogP contribution >= 0.6 is 21.6 Å². The summed E-state index contributed by atoms with van der Waals surface area (Å²) < 4.78 is 18.5. The van der Waals surface area contributed by atoms with E-state index in [0.717, 1.165) is 33.6 Å². The number of anilines is 2. The molecule has 1 aliphatic heterocycles. The van der Waals surface area contributed by atoms with Gasteiger partial charge in [0, 0.05) is 67.4 Å². The van der Waals surface area contributed by atoms with Gasteiger partial charge in [-0.3, -0.25) is 14.6 Å². The van der Waals surface area contributed by atoms with Crippen LogP contribution in [0.2, 0.25) is 0 Å². The molecule has 2 aromatic carbocycles. The number of hydrogen-bond donors (Lipinski definition) is 6. The third kappa shape index (κ3) is 18.9. The van der Waals surface area contributed by atoms with Crippen LogP contribution in [0.15, 0.2) is 108 Å². The molecule has 356 valence electrons. The van der Waals surface area contributed by atoms with Gasteiger partial charge >= 0.3 is 5.97 Å². The van der Waals surface area contributed by atoms with Crippen LogP contribution in [0.1, 0.15) is 30.5 Å². The van der Waals surface area contributed by atoms with Crippen LogP contribution in [-0.2, 0) is 35.1 Å². The number of carbonyl (C=O) groups is 3. The lowest BCUT2D eigenvalue weighted by molar-refractivity contribution is -0.684. The molecule has 2 heterocycles. The number of nitrogens with zero attached hydrogens (tertiary/aromatic N) is 4. The highest BCUT2D eigenvalue weighted by atomic mass is 33.1. The number of pyridine rings is 1. The molecule has 1 aromatic heterocycles. The SMILES string of the molecule is C=CC(/C=C/c1ccc(N(CCO)CCO)cc1)=C\C=N\CC(=O)NC(CSSCC(NC(=O)C[n+]1ccc(/C=C/c2ccc(N(CCO)CCO)cc2)cc1)C1OC(C)O1)C(=O)OCC. The molecule has 0 radical (unpaired) electrons. The van der Waals surface area contributed by atoms with Crippen molar-refractivity contribution in [3.8, 4) is 0 Å². The topological polar surface area (TPSA) is 207 Å². The van der Waals surface area contributed by atoms with Gasteiger partial charge in [0.25, 0.3) is 5.91 Å². The van der Waals surface area contributed by atoms with Gasteiger partial charge in [-0.05, 0) is 66.5 Å². The van der Waals surface area contributed by atoms with E-state index in [9.17, 15) is 34.8 Å². The second-order valence-corrected chi connectivity index (χ2v) is 17.3. The molecule has 1 aliphatic rings. The van der Waals surface area contributed by atoms with Crippen molar-refractivity contribution in [2.45, 2.75) is 45.1 Å². The van der Waals surface area contributed by atoms with E-state index < -0.39 is 36.5 Å². The van der Waals surface area contributed by atoms with E-state index in [-0.39, 0.29) is 57.8 Å². The Hall–Kier alpha value is -5.31. The summed E-state index contributed by atoms with van der Waals surface area (Å²) in [7, 11) is 2.74. The van der Waals surface area contributed by atoms with Crippen LogP contribution < -0.4 is 25.0 Å². The standard InChI is InChI=1S/C48H62N6O10S2/c1-4-37(6-7-38-10-14-41(15-11-38)53(24-28-55)25-29-56)18-21-49-32-45(59)50-43(47(61)62-5-2)34-65-66-35-44(48-63-36(3)64-48)51-46(60)33-52-22-19-40(20-23-52)9-8-39-12-16-42(17-13-39)54(26-30-57)27-31-58/h4,6-23,36,43-44,48,55-58H,1,5,24-35H2,2-3H3,(H-,50,51,59,60)/p+1/b7-6+,37-18+,49-21+. The lowest BCUT2D eigenvalue weighted by Crippen LogP contribution is -2.57. The van der Waals surface area contributed by atoms with Gasteiger partial charge in [-0.1, -0.05) is 82.8 Å². The van der Waals surface area contributed by atoms with Crippen LogP contribution in [0.4, 0.5) is 11.4 Å². The highest BCUT2D eigenvalue weighted by Crippen LogP contribution is 2.28. The minimum Gasteiger partial charge on any atom is -0.464 e. The number of rotatable bonds is 30. The lowest BCUT2D eigenvalue weighted by atomic mass is 10.1. The number of nitrogens with one attached hydrogen (secondary N) is 2. The number of ether oxygens (including phenoxy) is 3. The molecule has 1 saturated heterocycles. The Morgan fingerprint density at radius 1 is 0.788 bits per heavy atom. The molecule has 1 fully saturated rings. The highest BCUT2D eigenvalue weighted by molar-refractivity contribution is 8.76. The normalized spacial score (nSPS) is 15.9. The number of aromatic nitrogens is 1. The number of carbonyl (C=O) groups excluding carboxylic acids is 3. The van der Waals surface area contributed by atoms with Gasteiger partial charge in [-0.25, -0.2) is 4.79 Å². The number of aliphatic imine (C=N–C) groups is 1. The molecule has 4 rings (SSSR count). The third-order valence-corrected chi connectivity index (χ3v) is 12.3. The van der Waals surface area contributed by atoms with E-state index in [2.05, 4.69) is 22.2 Å². The molecular formula is C48H63N6O10S2+. The first-order chi connectivity index (χ1) is 32.1. The molecule has 18 heteroatoms. The predicted octanol–water partition coefficient (Wildman–Crippen LogP) is 3.26. The van der Waals surface area contributed by atoms with Gasteiger partial charge in [0.2, 0.25) is 12.5 Å². The number of aliphatic hydroxyl groups excluding tert-OH is 4. The number of benzene rings is 2. The van der Waals surface area contributed by atoms with Gasteiger partial charge in [0.1, 0.15) is 12.6 Å². The second-order valence-electron chi connectivity index (χ2n) is 14.7. The number of allylic oxidation sites excluding steroid dienone is 4. The Kier molecular flexibility index (Phi) is 24.3. The van der Waals surface area contributed by atoms with Gasteiger partial charge < -0.3 is 55.1 Å². The molecule has 2 amide bonds. The van der Waals surface area contributed by atoms with E-state index in [1.807, 2.05) is 107 Å².